The van der Waals surface area contributed by atoms with Gasteiger partial charge in [0.1, 0.15) is 0 Å². The molecule has 4 rings (SSSR count). The summed E-state index contributed by atoms with van der Waals surface area (Å²) in [6.45, 7) is 2.34. The van der Waals surface area contributed by atoms with Crippen LogP contribution in [0.25, 0.3) is 11.1 Å². The van der Waals surface area contributed by atoms with Crippen LogP contribution in [0.2, 0.25) is 0 Å². The van der Waals surface area contributed by atoms with Gasteiger partial charge in [-0.05, 0) is 40.8 Å². The first-order chi connectivity index (χ1) is 10.8. The zero-order valence-corrected chi connectivity index (χ0v) is 12.9. The van der Waals surface area contributed by atoms with Gasteiger partial charge in [-0.15, -0.1) is 0 Å². The Bertz CT molecular complexity index is 802. The molecule has 0 unspecified atom stereocenters. The summed E-state index contributed by atoms with van der Waals surface area (Å²) in [4.78, 5) is 0. The van der Waals surface area contributed by atoms with Gasteiger partial charge in [0.15, 0.2) is 0 Å². The molecule has 0 aliphatic heterocycles. The summed E-state index contributed by atoms with van der Waals surface area (Å²) in [6.07, 6.45) is 0. The van der Waals surface area contributed by atoms with Crippen LogP contribution in [0.15, 0.2) is 72.8 Å². The average Bonchev–Trinajstić information content (AvgIpc) is 2.86. The molecule has 0 saturated carbocycles. The van der Waals surface area contributed by atoms with E-state index in [1.807, 2.05) is 7.05 Å². The van der Waals surface area contributed by atoms with Crippen molar-refractivity contribution in [3.8, 4) is 11.1 Å². The summed E-state index contributed by atoms with van der Waals surface area (Å²) in [5.74, 6) is 0. The molecule has 22 heavy (non-hydrogen) atoms. The minimum absolute atomic E-state index is 0.118. The number of benzene rings is 3. The Morgan fingerprint density at radius 1 is 0.636 bits per heavy atom. The highest BCUT2D eigenvalue weighted by Crippen LogP contribution is 2.53. The molecule has 0 amide bonds. The van der Waals surface area contributed by atoms with E-state index in [0.29, 0.717) is 0 Å². The quantitative estimate of drug-likeness (QED) is 0.693. The molecule has 0 radical (unpaired) electrons. The van der Waals surface area contributed by atoms with Crippen LogP contribution in [0.3, 0.4) is 0 Å². The highest BCUT2D eigenvalue weighted by Gasteiger charge is 2.41. The first kappa shape index (κ1) is 13.1. The maximum Gasteiger partial charge on any atom is 0.0455 e. The molecule has 0 spiro atoms. The fourth-order valence-electron chi connectivity index (χ4n) is 3.88. The number of rotatable bonds is 2. The van der Waals surface area contributed by atoms with Gasteiger partial charge in [-0.25, -0.2) is 0 Å². The van der Waals surface area contributed by atoms with E-state index in [4.69, 9.17) is 0 Å². The minimum atomic E-state index is -0.118. The molecule has 3 aromatic carbocycles. The Morgan fingerprint density at radius 2 is 1.09 bits per heavy atom. The number of anilines is 1. The van der Waals surface area contributed by atoms with Crippen LogP contribution in [-0.4, -0.2) is 7.05 Å². The van der Waals surface area contributed by atoms with Crippen LogP contribution in [0.5, 0.6) is 0 Å². The normalized spacial score (nSPS) is 14.3. The third-order valence-electron chi connectivity index (χ3n) is 4.96. The van der Waals surface area contributed by atoms with E-state index >= 15 is 0 Å². The maximum absolute atomic E-state index is 3.36. The van der Waals surface area contributed by atoms with Crippen LogP contribution in [-0.2, 0) is 5.41 Å². The van der Waals surface area contributed by atoms with E-state index in [2.05, 4.69) is 85.0 Å². The Kier molecular flexibility index (Phi) is 2.83. The number of fused-ring (bicyclic) bond motifs is 3. The Hall–Kier alpha value is -2.54. The van der Waals surface area contributed by atoms with Crippen molar-refractivity contribution in [2.24, 2.45) is 0 Å². The zero-order chi connectivity index (χ0) is 15.2. The summed E-state index contributed by atoms with van der Waals surface area (Å²) in [6, 6.07) is 26.2. The molecule has 3 aromatic rings. The second-order valence-corrected chi connectivity index (χ2v) is 6.01. The van der Waals surface area contributed by atoms with E-state index in [9.17, 15) is 0 Å². The molecule has 0 aromatic heterocycles. The number of hydrogen-bond acceptors (Lipinski definition) is 1. The molecule has 1 aliphatic rings. The van der Waals surface area contributed by atoms with Gasteiger partial charge < -0.3 is 5.32 Å². The Morgan fingerprint density at radius 3 is 1.64 bits per heavy atom. The van der Waals surface area contributed by atoms with Gasteiger partial charge in [0.2, 0.25) is 0 Å². The molecule has 0 fully saturated rings. The fourth-order valence-corrected chi connectivity index (χ4v) is 3.88. The van der Waals surface area contributed by atoms with Gasteiger partial charge in [-0.2, -0.15) is 0 Å². The molecule has 1 aliphatic carbocycles. The molecular weight excluding hydrogens is 266 g/mol. The monoisotopic (exact) mass is 285 g/mol. The van der Waals surface area contributed by atoms with Gasteiger partial charge in [0, 0.05) is 18.2 Å². The van der Waals surface area contributed by atoms with Crippen molar-refractivity contribution >= 4 is 5.69 Å². The number of para-hydroxylation sites is 1. The Balaban J connectivity index is 2.10. The topological polar surface area (TPSA) is 12.0 Å². The van der Waals surface area contributed by atoms with E-state index in [1.165, 1.54) is 33.5 Å². The maximum atomic E-state index is 3.36. The lowest BCUT2D eigenvalue weighted by Crippen LogP contribution is -2.23. The highest BCUT2D eigenvalue weighted by atomic mass is 14.8. The minimum Gasteiger partial charge on any atom is -0.388 e. The predicted octanol–water partition coefficient (Wildman–Crippen LogP) is 5.06. The zero-order valence-electron chi connectivity index (χ0n) is 12.9. The van der Waals surface area contributed by atoms with Crippen LogP contribution < -0.4 is 5.32 Å². The van der Waals surface area contributed by atoms with E-state index in [1.54, 1.807) is 0 Å². The lowest BCUT2D eigenvalue weighted by Gasteiger charge is -2.30. The summed E-state index contributed by atoms with van der Waals surface area (Å²) < 4.78 is 0. The van der Waals surface area contributed by atoms with Crippen LogP contribution in [0.4, 0.5) is 5.69 Å². The second kappa shape index (κ2) is 4.74. The molecular formula is C21H19N. The number of hydrogen-bond donors (Lipinski definition) is 1. The van der Waals surface area contributed by atoms with E-state index in [-0.39, 0.29) is 5.41 Å². The van der Waals surface area contributed by atoms with Gasteiger partial charge in [-0.1, -0.05) is 66.7 Å². The first-order valence-corrected chi connectivity index (χ1v) is 7.73. The van der Waals surface area contributed by atoms with Crippen molar-refractivity contribution in [2.75, 3.05) is 12.4 Å². The van der Waals surface area contributed by atoms with Crippen LogP contribution in [0.1, 0.15) is 23.6 Å². The van der Waals surface area contributed by atoms with Crippen molar-refractivity contribution in [1.82, 2.24) is 0 Å². The number of nitrogens with one attached hydrogen (secondary N) is 1. The van der Waals surface area contributed by atoms with Gasteiger partial charge in [-0.3, -0.25) is 0 Å². The van der Waals surface area contributed by atoms with Crippen molar-refractivity contribution < 1.29 is 0 Å². The van der Waals surface area contributed by atoms with Crippen molar-refractivity contribution in [3.63, 3.8) is 0 Å². The van der Waals surface area contributed by atoms with Gasteiger partial charge >= 0.3 is 0 Å². The third kappa shape index (κ3) is 1.59. The lowest BCUT2D eigenvalue weighted by atomic mass is 9.73. The molecule has 0 saturated heterocycles. The molecule has 0 atom stereocenters. The SMILES string of the molecule is CNc1ccccc1C1(C)c2ccccc2-c2ccccc21. The van der Waals surface area contributed by atoms with E-state index in [0.717, 1.165) is 0 Å². The molecule has 108 valence electrons. The average molecular weight is 285 g/mol. The lowest BCUT2D eigenvalue weighted by molar-refractivity contribution is 0.716. The first-order valence-electron chi connectivity index (χ1n) is 7.73. The summed E-state index contributed by atoms with van der Waals surface area (Å²) in [5.41, 5.74) is 7.88. The largest absolute Gasteiger partial charge is 0.388 e. The summed E-state index contributed by atoms with van der Waals surface area (Å²) in [7, 11) is 1.99. The van der Waals surface area contributed by atoms with Crippen LogP contribution >= 0.6 is 0 Å². The standard InChI is InChI=1S/C21H19N/c1-21(19-13-7-8-14-20(19)22-2)17-11-5-3-9-15(17)16-10-4-6-12-18(16)21/h3-14,22H,1-2H3. The fraction of sp³-hybridized carbons (Fsp3) is 0.143. The summed E-state index contributed by atoms with van der Waals surface area (Å²) in [5, 5.41) is 3.36. The van der Waals surface area contributed by atoms with Gasteiger partial charge in [0.05, 0.1) is 0 Å². The third-order valence-corrected chi connectivity index (χ3v) is 4.96. The smallest absolute Gasteiger partial charge is 0.0455 e. The summed E-state index contributed by atoms with van der Waals surface area (Å²) >= 11 is 0. The molecule has 1 N–H and O–H groups in total. The van der Waals surface area contributed by atoms with Crippen molar-refractivity contribution in [2.45, 2.75) is 12.3 Å². The molecule has 1 heteroatoms. The highest BCUT2D eigenvalue weighted by molar-refractivity contribution is 5.84. The van der Waals surface area contributed by atoms with E-state index < -0.39 is 0 Å². The molecule has 1 nitrogen and oxygen atoms in total. The van der Waals surface area contributed by atoms with Crippen molar-refractivity contribution in [1.29, 1.82) is 0 Å². The second-order valence-electron chi connectivity index (χ2n) is 6.01. The Labute approximate surface area is 131 Å². The van der Waals surface area contributed by atoms with Crippen LogP contribution in [0, 0.1) is 0 Å². The van der Waals surface area contributed by atoms with Crippen molar-refractivity contribution in [3.05, 3.63) is 89.5 Å². The predicted molar refractivity (Wildman–Crippen MR) is 93.4 cm³/mol. The molecule has 0 heterocycles. The molecule has 0 bridgehead atoms. The van der Waals surface area contributed by atoms with Gasteiger partial charge in [0.25, 0.3) is 0 Å².